The average molecular weight is 258 g/mol. The number of ether oxygens (including phenoxy) is 5. The van der Waals surface area contributed by atoms with Crippen molar-refractivity contribution in [2.75, 3.05) is 6.61 Å². The smallest absolute Gasteiger partial charge is 0.187 e. The maximum Gasteiger partial charge on any atom is 0.187 e. The molecule has 104 valence electrons. The van der Waals surface area contributed by atoms with E-state index in [0.717, 1.165) is 0 Å². The zero-order chi connectivity index (χ0) is 13.1. The van der Waals surface area contributed by atoms with Gasteiger partial charge >= 0.3 is 0 Å². The van der Waals surface area contributed by atoms with Crippen molar-refractivity contribution in [1.29, 1.82) is 0 Å². The van der Waals surface area contributed by atoms with Crippen LogP contribution < -0.4 is 0 Å². The van der Waals surface area contributed by atoms with Gasteiger partial charge in [0, 0.05) is 5.92 Å². The second kappa shape index (κ2) is 3.90. The lowest BCUT2D eigenvalue weighted by Gasteiger charge is -2.27. The first-order valence-electron chi connectivity index (χ1n) is 6.60. The fourth-order valence-electron chi connectivity index (χ4n) is 2.99. The van der Waals surface area contributed by atoms with Crippen LogP contribution in [0.4, 0.5) is 0 Å². The van der Waals surface area contributed by atoms with E-state index in [1.165, 1.54) is 0 Å². The number of hydrogen-bond donors (Lipinski definition) is 0. The van der Waals surface area contributed by atoms with E-state index in [2.05, 4.69) is 6.92 Å². The molecule has 3 aliphatic heterocycles. The molecule has 0 amide bonds. The van der Waals surface area contributed by atoms with Gasteiger partial charge in [-0.3, -0.25) is 0 Å². The van der Waals surface area contributed by atoms with Gasteiger partial charge in [0.1, 0.15) is 12.2 Å². The van der Waals surface area contributed by atoms with Gasteiger partial charge in [0.15, 0.2) is 17.9 Å². The molecule has 5 atom stereocenters. The van der Waals surface area contributed by atoms with Crippen molar-refractivity contribution in [2.45, 2.75) is 70.8 Å². The van der Waals surface area contributed by atoms with E-state index >= 15 is 0 Å². The lowest BCUT2D eigenvalue weighted by molar-refractivity contribution is -0.226. The predicted molar refractivity (Wildman–Crippen MR) is 62.8 cm³/mol. The van der Waals surface area contributed by atoms with Crippen molar-refractivity contribution in [2.24, 2.45) is 5.92 Å². The van der Waals surface area contributed by atoms with Gasteiger partial charge in [-0.05, 0) is 27.7 Å². The molecule has 3 rings (SSSR count). The first-order valence-corrected chi connectivity index (χ1v) is 6.60. The Bertz CT molecular complexity index is 340. The van der Waals surface area contributed by atoms with Crippen molar-refractivity contribution >= 4 is 0 Å². The van der Waals surface area contributed by atoms with Gasteiger partial charge < -0.3 is 23.7 Å². The Labute approximate surface area is 108 Å². The highest BCUT2D eigenvalue weighted by Gasteiger charge is 2.56. The predicted octanol–water partition coefficient (Wildman–Crippen LogP) is 1.65. The van der Waals surface area contributed by atoms with Crippen molar-refractivity contribution in [3.8, 4) is 0 Å². The summed E-state index contributed by atoms with van der Waals surface area (Å²) < 4.78 is 29.0. The molecule has 0 bridgehead atoms. The normalized spacial score (nSPS) is 49.5. The molecule has 0 aromatic rings. The van der Waals surface area contributed by atoms with Crippen molar-refractivity contribution in [1.82, 2.24) is 0 Å². The van der Waals surface area contributed by atoms with Crippen LogP contribution in [0.2, 0.25) is 0 Å². The van der Waals surface area contributed by atoms with Gasteiger partial charge in [-0.25, -0.2) is 0 Å². The standard InChI is InChI=1S/C13H22O5/c1-7-9(8-6-14-12(2,3)16-8)15-11-10(7)17-13(4,5)18-11/h7-11H,6H2,1-5H3/t7-,8+,9-,10+,11?/m0/s1. The van der Waals surface area contributed by atoms with Gasteiger partial charge in [-0.1, -0.05) is 6.92 Å². The monoisotopic (exact) mass is 258 g/mol. The highest BCUT2D eigenvalue weighted by molar-refractivity contribution is 4.95. The summed E-state index contributed by atoms with van der Waals surface area (Å²) in [7, 11) is 0. The maximum absolute atomic E-state index is 5.96. The maximum atomic E-state index is 5.96. The molecule has 5 nitrogen and oxygen atoms in total. The fraction of sp³-hybridized carbons (Fsp3) is 1.00. The molecule has 3 heterocycles. The molecule has 5 heteroatoms. The van der Waals surface area contributed by atoms with Crippen LogP contribution in [-0.4, -0.2) is 42.8 Å². The molecule has 0 spiro atoms. The van der Waals surface area contributed by atoms with Crippen LogP contribution in [0.1, 0.15) is 34.6 Å². The van der Waals surface area contributed by atoms with Crippen LogP contribution in [0, 0.1) is 5.92 Å². The van der Waals surface area contributed by atoms with E-state index in [1.807, 2.05) is 27.7 Å². The Morgan fingerprint density at radius 2 is 1.61 bits per heavy atom. The summed E-state index contributed by atoms with van der Waals surface area (Å²) in [5.41, 5.74) is 0. The van der Waals surface area contributed by atoms with E-state index in [9.17, 15) is 0 Å². The van der Waals surface area contributed by atoms with E-state index in [0.29, 0.717) is 6.61 Å². The Morgan fingerprint density at radius 3 is 2.17 bits per heavy atom. The molecular weight excluding hydrogens is 236 g/mol. The molecule has 0 aliphatic carbocycles. The van der Waals surface area contributed by atoms with E-state index < -0.39 is 11.6 Å². The zero-order valence-corrected chi connectivity index (χ0v) is 11.6. The molecule has 3 fully saturated rings. The van der Waals surface area contributed by atoms with E-state index in [-0.39, 0.29) is 30.5 Å². The van der Waals surface area contributed by atoms with Crippen LogP contribution in [0.3, 0.4) is 0 Å². The largest absolute Gasteiger partial charge is 0.348 e. The molecule has 0 saturated carbocycles. The fourth-order valence-corrected chi connectivity index (χ4v) is 2.99. The summed E-state index contributed by atoms with van der Waals surface area (Å²) in [5, 5.41) is 0. The minimum atomic E-state index is -0.555. The van der Waals surface area contributed by atoms with Crippen LogP contribution >= 0.6 is 0 Å². The first-order chi connectivity index (χ1) is 8.27. The Kier molecular flexibility index (Phi) is 2.78. The third-order valence-electron chi connectivity index (χ3n) is 3.81. The average Bonchev–Trinajstić information content (AvgIpc) is 2.81. The molecule has 3 aliphatic rings. The van der Waals surface area contributed by atoms with Gasteiger partial charge in [-0.2, -0.15) is 0 Å². The molecule has 18 heavy (non-hydrogen) atoms. The molecule has 0 aromatic carbocycles. The Hall–Kier alpha value is -0.200. The van der Waals surface area contributed by atoms with E-state index in [4.69, 9.17) is 23.7 Å². The molecule has 0 N–H and O–H groups in total. The van der Waals surface area contributed by atoms with Gasteiger partial charge in [0.25, 0.3) is 0 Å². The van der Waals surface area contributed by atoms with Crippen molar-refractivity contribution < 1.29 is 23.7 Å². The third-order valence-corrected chi connectivity index (χ3v) is 3.81. The Balaban J connectivity index is 1.68. The lowest BCUT2D eigenvalue weighted by atomic mass is 9.97. The highest BCUT2D eigenvalue weighted by Crippen LogP contribution is 2.43. The minimum absolute atomic E-state index is 0.0164. The highest BCUT2D eigenvalue weighted by atomic mass is 16.8. The Morgan fingerprint density at radius 1 is 0.889 bits per heavy atom. The topological polar surface area (TPSA) is 46.2 Å². The summed E-state index contributed by atoms with van der Waals surface area (Å²) in [6.07, 6.45) is -0.376. The quantitative estimate of drug-likeness (QED) is 0.715. The van der Waals surface area contributed by atoms with Crippen LogP contribution in [-0.2, 0) is 23.7 Å². The molecular formula is C13H22O5. The van der Waals surface area contributed by atoms with E-state index in [1.54, 1.807) is 0 Å². The SMILES string of the molecule is C[C@H]1[C@@H]([C@H]2COC(C)(C)O2)OC2OC(C)(C)O[C@@H]21. The summed E-state index contributed by atoms with van der Waals surface area (Å²) in [6, 6.07) is 0. The third kappa shape index (κ3) is 2.08. The summed E-state index contributed by atoms with van der Waals surface area (Å²) in [5.74, 6) is -0.841. The van der Waals surface area contributed by atoms with Crippen molar-refractivity contribution in [3.05, 3.63) is 0 Å². The number of rotatable bonds is 1. The zero-order valence-electron chi connectivity index (χ0n) is 11.6. The lowest BCUT2D eigenvalue weighted by Crippen LogP contribution is -2.37. The van der Waals surface area contributed by atoms with Gasteiger partial charge in [-0.15, -0.1) is 0 Å². The number of fused-ring (bicyclic) bond motifs is 1. The number of hydrogen-bond acceptors (Lipinski definition) is 5. The van der Waals surface area contributed by atoms with Crippen LogP contribution in [0.5, 0.6) is 0 Å². The second-order valence-electron chi connectivity index (χ2n) is 6.30. The summed E-state index contributed by atoms with van der Waals surface area (Å²) in [6.45, 7) is 10.3. The molecule has 3 saturated heterocycles. The van der Waals surface area contributed by atoms with Gasteiger partial charge in [0.2, 0.25) is 0 Å². The van der Waals surface area contributed by atoms with Crippen molar-refractivity contribution in [3.63, 3.8) is 0 Å². The first kappa shape index (κ1) is 12.8. The van der Waals surface area contributed by atoms with Gasteiger partial charge in [0.05, 0.1) is 12.7 Å². The minimum Gasteiger partial charge on any atom is -0.348 e. The molecule has 0 aromatic heterocycles. The summed E-state index contributed by atoms with van der Waals surface area (Å²) in [4.78, 5) is 0. The van der Waals surface area contributed by atoms with Crippen LogP contribution in [0.15, 0.2) is 0 Å². The van der Waals surface area contributed by atoms with Crippen LogP contribution in [0.25, 0.3) is 0 Å². The summed E-state index contributed by atoms with van der Waals surface area (Å²) >= 11 is 0. The second-order valence-corrected chi connectivity index (χ2v) is 6.30. The molecule has 1 unspecified atom stereocenters. The molecule has 0 radical (unpaired) electrons.